The second kappa shape index (κ2) is 8.17. The molecular weight excluding hydrogens is 302 g/mol. The van der Waals surface area contributed by atoms with Gasteiger partial charge in [0.2, 0.25) is 0 Å². The van der Waals surface area contributed by atoms with Crippen molar-refractivity contribution in [3.63, 3.8) is 0 Å². The third kappa shape index (κ3) is 5.67. The highest BCUT2D eigenvalue weighted by Gasteiger charge is 2.16. The maximum atomic E-state index is 11.6. The summed E-state index contributed by atoms with van der Waals surface area (Å²) >= 11 is 1.63. The van der Waals surface area contributed by atoms with Gasteiger partial charge in [-0.15, -0.1) is 11.8 Å². The minimum absolute atomic E-state index is 0.404. The van der Waals surface area contributed by atoms with Gasteiger partial charge in [0, 0.05) is 11.4 Å². The molecule has 0 fully saturated rings. The number of rotatable bonds is 6. The fraction of sp³-hybridized carbons (Fsp3) is 0.562. The van der Waals surface area contributed by atoms with Crippen LogP contribution in [0.15, 0.2) is 17.0 Å². The molecule has 0 heterocycles. The van der Waals surface area contributed by atoms with Crippen molar-refractivity contribution in [1.82, 2.24) is 5.32 Å². The first-order valence-electron chi connectivity index (χ1n) is 7.06. The van der Waals surface area contributed by atoms with Crippen LogP contribution >= 0.6 is 11.8 Å². The van der Waals surface area contributed by atoms with Gasteiger partial charge in [-0.2, -0.15) is 0 Å². The highest BCUT2D eigenvalue weighted by molar-refractivity contribution is 7.98. The van der Waals surface area contributed by atoms with Crippen molar-refractivity contribution in [2.75, 3.05) is 27.0 Å². The van der Waals surface area contributed by atoms with E-state index in [1.54, 1.807) is 26.0 Å². The van der Waals surface area contributed by atoms with Crippen molar-refractivity contribution in [2.45, 2.75) is 37.7 Å². The van der Waals surface area contributed by atoms with Crippen LogP contribution in [0.2, 0.25) is 0 Å². The Hall–Kier alpha value is -1.56. The Labute approximate surface area is 136 Å². The first-order valence-corrected chi connectivity index (χ1v) is 8.29. The van der Waals surface area contributed by atoms with Crippen LogP contribution in [0.4, 0.5) is 4.79 Å². The molecular formula is C16H25NO4S. The molecule has 0 radical (unpaired) electrons. The van der Waals surface area contributed by atoms with Gasteiger partial charge in [0.1, 0.15) is 5.60 Å². The molecule has 0 aromatic heterocycles. The molecule has 0 saturated carbocycles. The average molecular weight is 327 g/mol. The molecule has 5 nitrogen and oxygen atoms in total. The Morgan fingerprint density at radius 1 is 1.18 bits per heavy atom. The summed E-state index contributed by atoms with van der Waals surface area (Å²) in [7, 11) is 3.23. The fourth-order valence-electron chi connectivity index (χ4n) is 1.90. The number of alkyl carbamates (subject to hydrolysis) is 1. The summed E-state index contributed by atoms with van der Waals surface area (Å²) in [6, 6.07) is 3.90. The van der Waals surface area contributed by atoms with Crippen molar-refractivity contribution in [3.05, 3.63) is 17.7 Å². The summed E-state index contributed by atoms with van der Waals surface area (Å²) < 4.78 is 15.8. The third-order valence-electron chi connectivity index (χ3n) is 2.85. The van der Waals surface area contributed by atoms with E-state index < -0.39 is 11.7 Å². The molecule has 0 bridgehead atoms. The minimum Gasteiger partial charge on any atom is -0.493 e. The third-order valence-corrected chi connectivity index (χ3v) is 3.67. The van der Waals surface area contributed by atoms with Crippen molar-refractivity contribution < 1.29 is 19.0 Å². The number of carbonyl (C=O) groups excluding carboxylic acids is 1. The van der Waals surface area contributed by atoms with Crippen LogP contribution in [-0.2, 0) is 11.2 Å². The van der Waals surface area contributed by atoms with E-state index in [1.165, 1.54) is 0 Å². The number of ether oxygens (including phenoxy) is 3. The average Bonchev–Trinajstić information content (AvgIpc) is 2.44. The molecule has 6 heteroatoms. The predicted octanol–water partition coefficient (Wildman–Crippen LogP) is 3.49. The maximum Gasteiger partial charge on any atom is 0.407 e. The molecule has 0 atom stereocenters. The number of carbonyl (C=O) groups is 1. The summed E-state index contributed by atoms with van der Waals surface area (Å²) in [5, 5.41) is 2.76. The van der Waals surface area contributed by atoms with E-state index in [0.717, 1.165) is 10.5 Å². The second-order valence-corrected chi connectivity index (χ2v) is 6.55. The number of hydrogen-bond donors (Lipinski definition) is 1. The van der Waals surface area contributed by atoms with Gasteiger partial charge in [0.05, 0.1) is 14.2 Å². The van der Waals surface area contributed by atoms with Crippen LogP contribution in [-0.4, -0.2) is 38.7 Å². The molecule has 0 aliphatic carbocycles. The molecule has 1 amide bonds. The molecule has 0 spiro atoms. The van der Waals surface area contributed by atoms with Crippen molar-refractivity contribution in [1.29, 1.82) is 0 Å². The lowest BCUT2D eigenvalue weighted by molar-refractivity contribution is 0.0528. The fourth-order valence-corrected chi connectivity index (χ4v) is 2.55. The van der Waals surface area contributed by atoms with Crippen LogP contribution in [0.3, 0.4) is 0 Å². The van der Waals surface area contributed by atoms with Gasteiger partial charge in [-0.25, -0.2) is 4.79 Å². The molecule has 1 N–H and O–H groups in total. The highest BCUT2D eigenvalue weighted by atomic mass is 32.2. The lowest BCUT2D eigenvalue weighted by Crippen LogP contribution is -2.33. The standard InChI is InChI=1S/C16H25NO4S/c1-16(2,3)21-15(18)17-8-7-11-9-12(19-4)13(20-5)10-14(11)22-6/h9-10H,7-8H2,1-6H3,(H,17,18). The lowest BCUT2D eigenvalue weighted by Gasteiger charge is -2.20. The number of hydrogen-bond acceptors (Lipinski definition) is 5. The summed E-state index contributed by atoms with van der Waals surface area (Å²) in [6.07, 6.45) is 2.29. The lowest BCUT2D eigenvalue weighted by atomic mass is 10.1. The zero-order valence-electron chi connectivity index (χ0n) is 14.1. The van der Waals surface area contributed by atoms with E-state index in [2.05, 4.69) is 5.32 Å². The molecule has 0 unspecified atom stereocenters. The zero-order valence-corrected chi connectivity index (χ0v) is 14.9. The Balaban J connectivity index is 2.71. The summed E-state index contributed by atoms with van der Waals surface area (Å²) in [6.45, 7) is 6.02. The van der Waals surface area contributed by atoms with Gasteiger partial charge < -0.3 is 19.5 Å². The van der Waals surface area contributed by atoms with Gasteiger partial charge in [0.25, 0.3) is 0 Å². The van der Waals surface area contributed by atoms with E-state index in [4.69, 9.17) is 14.2 Å². The summed E-state index contributed by atoms with van der Waals surface area (Å²) in [5.41, 5.74) is 0.610. The molecule has 1 aromatic rings. The van der Waals surface area contributed by atoms with Crippen LogP contribution in [0.25, 0.3) is 0 Å². The van der Waals surface area contributed by atoms with Crippen molar-refractivity contribution in [2.24, 2.45) is 0 Å². The summed E-state index contributed by atoms with van der Waals surface area (Å²) in [5.74, 6) is 1.39. The van der Waals surface area contributed by atoms with E-state index in [0.29, 0.717) is 24.5 Å². The van der Waals surface area contributed by atoms with Gasteiger partial charge >= 0.3 is 6.09 Å². The number of benzene rings is 1. The summed E-state index contributed by atoms with van der Waals surface area (Å²) in [4.78, 5) is 12.7. The first kappa shape index (κ1) is 18.5. The largest absolute Gasteiger partial charge is 0.493 e. The van der Waals surface area contributed by atoms with Crippen LogP contribution in [0, 0.1) is 0 Å². The predicted molar refractivity (Wildman–Crippen MR) is 89.3 cm³/mol. The maximum absolute atomic E-state index is 11.6. The second-order valence-electron chi connectivity index (χ2n) is 5.70. The van der Waals surface area contributed by atoms with Crippen LogP contribution in [0.1, 0.15) is 26.3 Å². The smallest absolute Gasteiger partial charge is 0.407 e. The quantitative estimate of drug-likeness (QED) is 0.811. The van der Waals surface area contributed by atoms with Gasteiger partial charge in [-0.05, 0) is 51.1 Å². The molecule has 124 valence electrons. The minimum atomic E-state index is -0.488. The molecule has 0 saturated heterocycles. The number of amides is 1. The Bertz CT molecular complexity index is 512. The Kier molecular flexibility index (Phi) is 6.87. The molecule has 1 aromatic carbocycles. The van der Waals surface area contributed by atoms with Gasteiger partial charge in [-0.1, -0.05) is 0 Å². The van der Waals surface area contributed by atoms with E-state index >= 15 is 0 Å². The number of nitrogens with one attached hydrogen (secondary N) is 1. The van der Waals surface area contributed by atoms with E-state index in [-0.39, 0.29) is 0 Å². The Morgan fingerprint density at radius 3 is 2.27 bits per heavy atom. The van der Waals surface area contributed by atoms with E-state index in [1.807, 2.05) is 39.2 Å². The number of methoxy groups -OCH3 is 2. The zero-order chi connectivity index (χ0) is 16.8. The highest BCUT2D eigenvalue weighted by Crippen LogP contribution is 2.34. The normalized spacial score (nSPS) is 11.0. The van der Waals surface area contributed by atoms with Gasteiger partial charge in [0.15, 0.2) is 11.5 Å². The van der Waals surface area contributed by atoms with Crippen molar-refractivity contribution >= 4 is 17.9 Å². The molecule has 0 aliphatic heterocycles. The van der Waals surface area contributed by atoms with Gasteiger partial charge in [-0.3, -0.25) is 0 Å². The monoisotopic (exact) mass is 327 g/mol. The van der Waals surface area contributed by atoms with Crippen molar-refractivity contribution in [3.8, 4) is 11.5 Å². The molecule has 1 rings (SSSR count). The first-order chi connectivity index (χ1) is 10.3. The molecule has 22 heavy (non-hydrogen) atoms. The van der Waals surface area contributed by atoms with Crippen LogP contribution < -0.4 is 14.8 Å². The van der Waals surface area contributed by atoms with Crippen LogP contribution in [0.5, 0.6) is 11.5 Å². The Morgan fingerprint density at radius 2 is 1.77 bits per heavy atom. The SMILES string of the molecule is COc1cc(CCNC(=O)OC(C)(C)C)c(SC)cc1OC. The topological polar surface area (TPSA) is 56.8 Å². The van der Waals surface area contributed by atoms with E-state index in [9.17, 15) is 4.79 Å². The number of thioether (sulfide) groups is 1. The molecule has 0 aliphatic rings.